The zero-order valence-electron chi connectivity index (χ0n) is 8.74. The Hall–Kier alpha value is -1.10. The summed E-state index contributed by atoms with van der Waals surface area (Å²) in [5.74, 6) is -0.415. The second-order valence-electron chi connectivity index (χ2n) is 3.41. The Bertz CT molecular complexity index is 242. The van der Waals surface area contributed by atoms with Crippen molar-refractivity contribution in [1.29, 1.82) is 0 Å². The van der Waals surface area contributed by atoms with Crippen molar-refractivity contribution in [3.63, 3.8) is 0 Å². The molecule has 0 aromatic carbocycles. The van der Waals surface area contributed by atoms with Crippen LogP contribution in [0.25, 0.3) is 0 Å². The third kappa shape index (κ3) is 2.04. The zero-order chi connectivity index (χ0) is 10.7. The summed E-state index contributed by atoms with van der Waals surface area (Å²) in [6, 6.07) is -0.701. The van der Waals surface area contributed by atoms with Crippen molar-refractivity contribution in [1.82, 2.24) is 10.2 Å². The Morgan fingerprint density at radius 3 is 2.93 bits per heavy atom. The average molecular weight is 200 g/mol. The molecule has 5 nitrogen and oxygen atoms in total. The monoisotopic (exact) mass is 200 g/mol. The first kappa shape index (κ1) is 11.0. The minimum atomic E-state index is -0.489. The molecule has 1 saturated heterocycles. The van der Waals surface area contributed by atoms with Gasteiger partial charge in [0.05, 0.1) is 13.2 Å². The van der Waals surface area contributed by atoms with Crippen LogP contribution >= 0.6 is 0 Å². The van der Waals surface area contributed by atoms with E-state index in [0.717, 1.165) is 0 Å². The first-order valence-electron chi connectivity index (χ1n) is 4.69. The van der Waals surface area contributed by atoms with Gasteiger partial charge in [-0.25, -0.2) is 4.79 Å². The quantitative estimate of drug-likeness (QED) is 0.603. The number of hydrogen-bond acceptors (Lipinski definition) is 4. The first-order valence-corrected chi connectivity index (χ1v) is 4.69. The van der Waals surface area contributed by atoms with Crippen molar-refractivity contribution in [2.24, 2.45) is 0 Å². The van der Waals surface area contributed by atoms with Gasteiger partial charge in [0, 0.05) is 13.1 Å². The number of piperazine rings is 1. The van der Waals surface area contributed by atoms with Crippen LogP contribution in [0.3, 0.4) is 0 Å². The molecule has 2 unspecified atom stereocenters. The van der Waals surface area contributed by atoms with E-state index in [0.29, 0.717) is 13.1 Å². The maximum Gasteiger partial charge on any atom is 0.328 e. The van der Waals surface area contributed by atoms with Gasteiger partial charge in [-0.15, -0.1) is 0 Å². The molecule has 1 fully saturated rings. The SMILES string of the molecule is COC(=O)C(C)N1CCNC(C)C1=O. The molecule has 0 spiro atoms. The molecule has 2 atom stereocenters. The predicted octanol–water partition coefficient (Wildman–Crippen LogP) is -0.632. The molecule has 0 aromatic heterocycles. The van der Waals surface area contributed by atoms with E-state index >= 15 is 0 Å². The molecule has 1 rings (SSSR count). The third-order valence-corrected chi connectivity index (χ3v) is 2.47. The number of nitrogens with zero attached hydrogens (tertiary/aromatic N) is 1. The second-order valence-corrected chi connectivity index (χ2v) is 3.41. The lowest BCUT2D eigenvalue weighted by molar-refractivity contribution is -0.153. The lowest BCUT2D eigenvalue weighted by atomic mass is 10.1. The van der Waals surface area contributed by atoms with Crippen molar-refractivity contribution < 1.29 is 14.3 Å². The Kier molecular flexibility index (Phi) is 3.46. The van der Waals surface area contributed by atoms with Crippen LogP contribution < -0.4 is 5.32 Å². The van der Waals surface area contributed by atoms with E-state index in [4.69, 9.17) is 0 Å². The summed E-state index contributed by atoms with van der Waals surface area (Å²) in [4.78, 5) is 24.4. The van der Waals surface area contributed by atoms with Gasteiger partial charge in [0.15, 0.2) is 0 Å². The zero-order valence-corrected chi connectivity index (χ0v) is 8.74. The van der Waals surface area contributed by atoms with Crippen molar-refractivity contribution in [3.8, 4) is 0 Å². The van der Waals surface area contributed by atoms with Gasteiger partial charge >= 0.3 is 5.97 Å². The fraction of sp³-hybridized carbons (Fsp3) is 0.778. The summed E-state index contributed by atoms with van der Waals surface area (Å²) in [5.41, 5.74) is 0. The van der Waals surface area contributed by atoms with E-state index < -0.39 is 6.04 Å². The molecule has 0 bridgehead atoms. The van der Waals surface area contributed by atoms with Crippen LogP contribution in [0.15, 0.2) is 0 Å². The standard InChI is InChI=1S/C9H16N2O3/c1-6-8(12)11(5-4-10-6)7(2)9(13)14-3/h6-7,10H,4-5H2,1-3H3. The highest BCUT2D eigenvalue weighted by molar-refractivity contribution is 5.87. The van der Waals surface area contributed by atoms with E-state index in [-0.39, 0.29) is 17.9 Å². The topological polar surface area (TPSA) is 58.6 Å². The molecule has 80 valence electrons. The van der Waals surface area contributed by atoms with Gasteiger partial charge in [0.2, 0.25) is 5.91 Å². The van der Waals surface area contributed by atoms with Crippen molar-refractivity contribution in [2.45, 2.75) is 25.9 Å². The Morgan fingerprint density at radius 1 is 1.71 bits per heavy atom. The summed E-state index contributed by atoms with van der Waals surface area (Å²) >= 11 is 0. The van der Waals surface area contributed by atoms with Gasteiger partial charge in [-0.1, -0.05) is 0 Å². The Balaban J connectivity index is 2.66. The molecule has 5 heteroatoms. The number of carbonyl (C=O) groups excluding carboxylic acids is 2. The number of amides is 1. The number of carbonyl (C=O) groups is 2. The van der Waals surface area contributed by atoms with E-state index in [1.54, 1.807) is 18.7 Å². The van der Waals surface area contributed by atoms with Crippen LogP contribution in [0.1, 0.15) is 13.8 Å². The minimum Gasteiger partial charge on any atom is -0.467 e. The highest BCUT2D eigenvalue weighted by atomic mass is 16.5. The van der Waals surface area contributed by atoms with Crippen molar-refractivity contribution in [3.05, 3.63) is 0 Å². The minimum absolute atomic E-state index is 0.0471. The smallest absolute Gasteiger partial charge is 0.328 e. The largest absolute Gasteiger partial charge is 0.467 e. The average Bonchev–Trinajstić information content (AvgIpc) is 2.20. The van der Waals surface area contributed by atoms with Crippen LogP contribution in [-0.2, 0) is 14.3 Å². The van der Waals surface area contributed by atoms with Gasteiger partial charge in [-0.05, 0) is 13.8 Å². The van der Waals surface area contributed by atoms with E-state index in [9.17, 15) is 9.59 Å². The van der Waals surface area contributed by atoms with Crippen LogP contribution in [0.5, 0.6) is 0 Å². The van der Waals surface area contributed by atoms with Gasteiger partial charge in [0.25, 0.3) is 0 Å². The molecule has 1 aliphatic heterocycles. The van der Waals surface area contributed by atoms with Gasteiger partial charge in [-0.3, -0.25) is 4.79 Å². The van der Waals surface area contributed by atoms with Crippen LogP contribution in [0.4, 0.5) is 0 Å². The number of ether oxygens (including phenoxy) is 1. The highest BCUT2D eigenvalue weighted by Crippen LogP contribution is 2.07. The molecular formula is C9H16N2O3. The Morgan fingerprint density at radius 2 is 2.36 bits per heavy atom. The molecule has 1 N–H and O–H groups in total. The molecule has 1 aliphatic rings. The summed E-state index contributed by atoms with van der Waals surface area (Å²) in [6.07, 6.45) is 0. The second kappa shape index (κ2) is 4.41. The van der Waals surface area contributed by atoms with Gasteiger partial charge in [-0.2, -0.15) is 0 Å². The van der Waals surface area contributed by atoms with E-state index in [2.05, 4.69) is 10.1 Å². The molecule has 0 aliphatic carbocycles. The van der Waals surface area contributed by atoms with Crippen LogP contribution in [0.2, 0.25) is 0 Å². The van der Waals surface area contributed by atoms with Crippen LogP contribution in [-0.4, -0.2) is 49.1 Å². The number of esters is 1. The van der Waals surface area contributed by atoms with Crippen LogP contribution in [0, 0.1) is 0 Å². The highest BCUT2D eigenvalue weighted by Gasteiger charge is 2.31. The Labute approximate surface area is 83.4 Å². The number of nitrogens with one attached hydrogen (secondary N) is 1. The predicted molar refractivity (Wildman–Crippen MR) is 50.7 cm³/mol. The van der Waals surface area contributed by atoms with Gasteiger partial charge < -0.3 is 15.0 Å². The molecular weight excluding hydrogens is 184 g/mol. The normalized spacial score (nSPS) is 24.6. The molecule has 1 amide bonds. The fourth-order valence-corrected chi connectivity index (χ4v) is 1.53. The summed E-state index contributed by atoms with van der Waals surface area (Å²) in [6.45, 7) is 4.74. The van der Waals surface area contributed by atoms with Crippen molar-refractivity contribution >= 4 is 11.9 Å². The van der Waals surface area contributed by atoms with Crippen molar-refractivity contribution in [2.75, 3.05) is 20.2 Å². The summed E-state index contributed by atoms with van der Waals surface area (Å²) in [7, 11) is 1.33. The molecule has 1 heterocycles. The maximum atomic E-state index is 11.6. The lowest BCUT2D eigenvalue weighted by Crippen LogP contribution is -2.58. The molecule has 14 heavy (non-hydrogen) atoms. The summed E-state index contributed by atoms with van der Waals surface area (Å²) in [5, 5.41) is 3.03. The number of methoxy groups -OCH3 is 1. The van der Waals surface area contributed by atoms with E-state index in [1.807, 2.05) is 0 Å². The van der Waals surface area contributed by atoms with Gasteiger partial charge in [0.1, 0.15) is 6.04 Å². The third-order valence-electron chi connectivity index (χ3n) is 2.47. The maximum absolute atomic E-state index is 11.6. The summed E-state index contributed by atoms with van der Waals surface area (Å²) < 4.78 is 4.60. The lowest BCUT2D eigenvalue weighted by Gasteiger charge is -2.34. The van der Waals surface area contributed by atoms with E-state index in [1.165, 1.54) is 7.11 Å². The number of rotatable bonds is 2. The molecule has 0 aromatic rings. The first-order chi connectivity index (χ1) is 6.57. The fourth-order valence-electron chi connectivity index (χ4n) is 1.53. The molecule has 0 saturated carbocycles. The number of hydrogen-bond donors (Lipinski definition) is 1. The molecule has 0 radical (unpaired) electrons.